The van der Waals surface area contributed by atoms with Crippen molar-refractivity contribution in [2.24, 2.45) is 5.73 Å². The molecule has 0 aliphatic carbocycles. The first-order chi connectivity index (χ1) is 15.2. The lowest BCUT2D eigenvalue weighted by molar-refractivity contribution is -0.0102. The number of hydrogen-bond donors (Lipinski definition) is 2. The number of nitrogens with two attached hydrogens (primary N) is 1. The number of halogens is 3. The summed E-state index contributed by atoms with van der Waals surface area (Å²) in [6.07, 6.45) is 0.932. The molecule has 1 aliphatic heterocycles. The lowest BCUT2D eigenvalue weighted by Crippen LogP contribution is -2.29. The van der Waals surface area contributed by atoms with E-state index in [-0.39, 0.29) is 55.1 Å². The number of nitrogens with one attached hydrogen (secondary N) is 1. The fraction of sp³-hybridized carbons (Fsp3) is 0.273. The third-order valence-corrected chi connectivity index (χ3v) is 5.29. The first-order valence-electron chi connectivity index (χ1n) is 10.0. The van der Waals surface area contributed by atoms with Gasteiger partial charge in [-0.05, 0) is 36.8 Å². The van der Waals surface area contributed by atoms with Crippen LogP contribution in [0.4, 0.5) is 24.7 Å². The number of nitrogens with zero attached hydrogens (tertiary/aromatic N) is 3. The maximum Gasteiger partial charge on any atom is 0.267 e. The Bertz CT molecular complexity index is 1200. The molecule has 0 radical (unpaired) electrons. The van der Waals surface area contributed by atoms with Crippen molar-refractivity contribution in [3.05, 3.63) is 59.7 Å². The van der Waals surface area contributed by atoms with E-state index in [2.05, 4.69) is 15.3 Å². The lowest BCUT2D eigenvalue weighted by Gasteiger charge is -2.24. The molecule has 0 spiro atoms. The molecule has 0 unspecified atom stereocenters. The van der Waals surface area contributed by atoms with Crippen molar-refractivity contribution in [3.8, 4) is 0 Å². The van der Waals surface area contributed by atoms with Gasteiger partial charge in [-0.1, -0.05) is 0 Å². The number of carbonyl (C=O) groups excluding carboxylic acids is 2. The van der Waals surface area contributed by atoms with Gasteiger partial charge in [0.25, 0.3) is 11.8 Å². The minimum absolute atomic E-state index is 0.00217. The van der Waals surface area contributed by atoms with E-state index in [1.54, 1.807) is 11.0 Å². The van der Waals surface area contributed by atoms with Crippen LogP contribution in [0.25, 0.3) is 10.9 Å². The summed E-state index contributed by atoms with van der Waals surface area (Å²) in [6.45, 7) is 0.285. The highest BCUT2D eigenvalue weighted by atomic mass is 19.3. The van der Waals surface area contributed by atoms with Crippen LogP contribution in [0.15, 0.2) is 42.6 Å². The summed E-state index contributed by atoms with van der Waals surface area (Å²) in [6, 6.07) is 8.34. The zero-order chi connectivity index (χ0) is 22.9. The summed E-state index contributed by atoms with van der Waals surface area (Å²) in [5, 5.41) is 3.19. The Morgan fingerprint density at radius 2 is 1.91 bits per heavy atom. The van der Waals surface area contributed by atoms with Gasteiger partial charge >= 0.3 is 0 Å². The van der Waals surface area contributed by atoms with E-state index < -0.39 is 23.6 Å². The first-order valence-corrected chi connectivity index (χ1v) is 10.0. The van der Waals surface area contributed by atoms with E-state index in [0.717, 1.165) is 0 Å². The van der Waals surface area contributed by atoms with Gasteiger partial charge in [-0.25, -0.2) is 18.2 Å². The van der Waals surface area contributed by atoms with Crippen LogP contribution in [0.2, 0.25) is 0 Å². The van der Waals surface area contributed by atoms with Crippen LogP contribution in [0.5, 0.6) is 0 Å². The maximum atomic E-state index is 13.9. The van der Waals surface area contributed by atoms with Gasteiger partial charge in [-0.3, -0.25) is 14.6 Å². The number of carbonyl (C=O) groups is 2. The Labute approximate surface area is 181 Å². The minimum atomic E-state index is -2.79. The molecule has 0 bridgehead atoms. The van der Waals surface area contributed by atoms with Crippen molar-refractivity contribution in [2.75, 3.05) is 23.3 Å². The average Bonchev–Trinajstić information content (AvgIpc) is 2.93. The number of pyridine rings is 2. The van der Waals surface area contributed by atoms with E-state index in [9.17, 15) is 22.8 Å². The molecule has 0 atom stereocenters. The Morgan fingerprint density at radius 1 is 1.09 bits per heavy atom. The molecule has 1 aromatic carbocycles. The molecular weight excluding hydrogens is 423 g/mol. The van der Waals surface area contributed by atoms with Crippen molar-refractivity contribution in [3.63, 3.8) is 0 Å². The molecule has 166 valence electrons. The molecule has 3 aromatic rings. The topological polar surface area (TPSA) is 101 Å². The standard InChI is InChI=1S/C22H20F3N5O2/c23-14-3-2-13-10-16(21(32)28-15-4-7-27-18(12-15)19(26)31)20(29-17(13)11-14)30-8-1-5-22(24,25)6-9-30/h2-4,7,10-12H,1,5-6,8-9H2,(H2,26,31)(H,27,28,32). The predicted molar refractivity (Wildman–Crippen MR) is 113 cm³/mol. The SMILES string of the molecule is NC(=O)c1cc(NC(=O)c2cc3ccc(F)cc3nc2N2CCCC(F)(F)CC2)ccn1. The molecule has 1 saturated heterocycles. The maximum absolute atomic E-state index is 13.9. The fourth-order valence-corrected chi connectivity index (χ4v) is 3.66. The number of fused-ring (bicyclic) bond motifs is 1. The van der Waals surface area contributed by atoms with Crippen LogP contribution in [-0.4, -0.2) is 40.8 Å². The highest BCUT2D eigenvalue weighted by molar-refractivity contribution is 6.10. The molecular formula is C22H20F3N5O2. The molecule has 1 aliphatic rings. The van der Waals surface area contributed by atoms with Gasteiger partial charge in [-0.15, -0.1) is 0 Å². The van der Waals surface area contributed by atoms with Gasteiger partial charge in [0.2, 0.25) is 5.92 Å². The monoisotopic (exact) mass is 443 g/mol. The quantitative estimate of drug-likeness (QED) is 0.640. The zero-order valence-corrected chi connectivity index (χ0v) is 16.9. The molecule has 3 heterocycles. The number of aromatic nitrogens is 2. The van der Waals surface area contributed by atoms with E-state index in [0.29, 0.717) is 10.9 Å². The molecule has 3 N–H and O–H groups in total. The first kappa shape index (κ1) is 21.5. The van der Waals surface area contributed by atoms with Crippen molar-refractivity contribution in [1.82, 2.24) is 9.97 Å². The third kappa shape index (κ3) is 4.63. The predicted octanol–water partition coefficient (Wildman–Crippen LogP) is 3.75. The number of hydrogen-bond acceptors (Lipinski definition) is 5. The number of benzene rings is 1. The highest BCUT2D eigenvalue weighted by Gasteiger charge is 2.33. The molecule has 0 saturated carbocycles. The van der Waals surface area contributed by atoms with Gasteiger partial charge < -0.3 is 16.0 Å². The van der Waals surface area contributed by atoms with Crippen LogP contribution in [0.3, 0.4) is 0 Å². The van der Waals surface area contributed by atoms with E-state index in [1.807, 2.05) is 0 Å². The number of alkyl halides is 2. The molecule has 1 fully saturated rings. The summed E-state index contributed by atoms with van der Waals surface area (Å²) in [7, 11) is 0. The second kappa shape index (κ2) is 8.45. The van der Waals surface area contributed by atoms with Crippen LogP contribution in [0, 0.1) is 5.82 Å². The van der Waals surface area contributed by atoms with Crippen molar-refractivity contribution >= 4 is 34.2 Å². The summed E-state index contributed by atoms with van der Waals surface area (Å²) < 4.78 is 41.5. The Morgan fingerprint density at radius 3 is 2.69 bits per heavy atom. The van der Waals surface area contributed by atoms with E-state index in [4.69, 9.17) is 5.73 Å². The minimum Gasteiger partial charge on any atom is -0.364 e. The van der Waals surface area contributed by atoms with Crippen LogP contribution in [-0.2, 0) is 0 Å². The highest BCUT2D eigenvalue weighted by Crippen LogP contribution is 2.32. The van der Waals surface area contributed by atoms with Gasteiger partial charge in [0.15, 0.2) is 0 Å². The largest absolute Gasteiger partial charge is 0.364 e. The lowest BCUT2D eigenvalue weighted by atomic mass is 10.1. The van der Waals surface area contributed by atoms with Gasteiger partial charge in [-0.2, -0.15) is 0 Å². The van der Waals surface area contributed by atoms with Gasteiger partial charge in [0.05, 0.1) is 11.1 Å². The molecule has 2 aromatic heterocycles. The molecule has 10 heteroatoms. The zero-order valence-electron chi connectivity index (χ0n) is 16.9. The van der Waals surface area contributed by atoms with Crippen molar-refractivity contribution in [2.45, 2.75) is 25.2 Å². The molecule has 2 amide bonds. The van der Waals surface area contributed by atoms with Gasteiger partial charge in [0, 0.05) is 49.3 Å². The van der Waals surface area contributed by atoms with Crippen molar-refractivity contribution < 1.29 is 22.8 Å². The Balaban J connectivity index is 1.74. The molecule has 4 rings (SSSR count). The molecule has 32 heavy (non-hydrogen) atoms. The van der Waals surface area contributed by atoms with Crippen LogP contribution >= 0.6 is 0 Å². The van der Waals surface area contributed by atoms with Gasteiger partial charge in [0.1, 0.15) is 17.3 Å². The third-order valence-electron chi connectivity index (χ3n) is 5.29. The summed E-state index contributed by atoms with van der Waals surface area (Å²) >= 11 is 0. The van der Waals surface area contributed by atoms with Crippen molar-refractivity contribution in [1.29, 1.82) is 0 Å². The number of anilines is 2. The normalized spacial score (nSPS) is 15.9. The number of amides is 2. The average molecular weight is 443 g/mol. The van der Waals surface area contributed by atoms with E-state index >= 15 is 0 Å². The number of primary amides is 1. The second-order valence-electron chi connectivity index (χ2n) is 7.64. The summed E-state index contributed by atoms with van der Waals surface area (Å²) in [5.74, 6) is -4.39. The Kier molecular flexibility index (Phi) is 5.68. The number of rotatable bonds is 4. The fourth-order valence-electron chi connectivity index (χ4n) is 3.66. The smallest absolute Gasteiger partial charge is 0.267 e. The molecule has 7 nitrogen and oxygen atoms in total. The van der Waals surface area contributed by atoms with E-state index in [1.165, 1.54) is 36.5 Å². The summed E-state index contributed by atoms with van der Waals surface area (Å²) in [5.41, 5.74) is 5.95. The van der Waals surface area contributed by atoms with Crippen LogP contribution < -0.4 is 16.0 Å². The Hall–Kier alpha value is -3.69. The van der Waals surface area contributed by atoms with Crippen LogP contribution in [0.1, 0.15) is 40.1 Å². The second-order valence-corrected chi connectivity index (χ2v) is 7.64. The summed E-state index contributed by atoms with van der Waals surface area (Å²) in [4.78, 5) is 34.4.